The fourth-order valence-electron chi connectivity index (χ4n) is 6.55. The van der Waals surface area contributed by atoms with Crippen molar-refractivity contribution < 1.29 is 14.7 Å². The number of rotatable bonds is 33. The molecule has 3 nitrogen and oxygen atoms in total. The Bertz CT molecular complexity index is 528. The maximum atomic E-state index is 11.3. The lowest BCUT2D eigenvalue weighted by Crippen LogP contribution is -2.21. The number of hydrogen-bond donors (Lipinski definition) is 1. The molecule has 0 fully saturated rings. The second-order valence-corrected chi connectivity index (χ2v) is 13.2. The van der Waals surface area contributed by atoms with Gasteiger partial charge in [0.25, 0.3) is 0 Å². The van der Waals surface area contributed by atoms with Gasteiger partial charge in [0.05, 0.1) is 0 Å². The van der Waals surface area contributed by atoms with Crippen LogP contribution in [0.2, 0.25) is 0 Å². The highest BCUT2D eigenvalue weighted by atomic mass is 16.4. The third-order valence-corrected chi connectivity index (χ3v) is 9.21. The molecule has 0 saturated carbocycles. The number of ketones is 1. The molecule has 0 aromatic rings. The van der Waals surface area contributed by atoms with Crippen molar-refractivity contribution in [3.05, 3.63) is 0 Å². The molecule has 1 N–H and O–H groups in total. The van der Waals surface area contributed by atoms with E-state index in [-0.39, 0.29) is 0 Å². The van der Waals surface area contributed by atoms with Crippen LogP contribution >= 0.6 is 0 Å². The van der Waals surface area contributed by atoms with Gasteiger partial charge in [0, 0.05) is 12.8 Å². The Morgan fingerprint density at radius 3 is 1.00 bits per heavy atom. The first-order valence-corrected chi connectivity index (χ1v) is 18.2. The molecule has 0 aliphatic heterocycles. The highest BCUT2D eigenvalue weighted by Gasteiger charge is 2.28. The van der Waals surface area contributed by atoms with E-state index in [0.29, 0.717) is 17.6 Å². The molecular weight excluding hydrogens is 492 g/mol. The molecule has 0 amide bonds. The van der Waals surface area contributed by atoms with E-state index >= 15 is 0 Å². The molecule has 0 heterocycles. The fraction of sp³-hybridized carbons (Fsp3) is 0.946. The largest absolute Gasteiger partial charge is 0.481 e. The fourth-order valence-corrected chi connectivity index (χ4v) is 6.55. The van der Waals surface area contributed by atoms with Crippen molar-refractivity contribution in [1.82, 2.24) is 0 Å². The summed E-state index contributed by atoms with van der Waals surface area (Å²) in [6.07, 6.45) is 39.6. The summed E-state index contributed by atoms with van der Waals surface area (Å²) in [6, 6.07) is 0. The monoisotopic (exact) mass is 565 g/mol. The molecule has 0 rings (SSSR count). The summed E-state index contributed by atoms with van der Waals surface area (Å²) in [7, 11) is 0. The highest BCUT2D eigenvalue weighted by Crippen LogP contribution is 2.42. The van der Waals surface area contributed by atoms with Crippen LogP contribution in [0.5, 0.6) is 0 Å². The minimum Gasteiger partial charge on any atom is -0.481 e. The van der Waals surface area contributed by atoms with E-state index in [2.05, 4.69) is 13.8 Å². The first kappa shape index (κ1) is 39.1. The number of aliphatic carboxylic acids is 1. The van der Waals surface area contributed by atoms with Gasteiger partial charge in [-0.3, -0.25) is 4.79 Å². The van der Waals surface area contributed by atoms with E-state index in [1.807, 2.05) is 0 Å². The normalized spacial score (nSPS) is 13.0. The predicted molar refractivity (Wildman–Crippen MR) is 175 cm³/mol. The van der Waals surface area contributed by atoms with Gasteiger partial charge in [0.15, 0.2) is 0 Å². The summed E-state index contributed by atoms with van der Waals surface area (Å²) in [4.78, 5) is 22.1. The Labute approximate surface area is 251 Å². The molecule has 0 aromatic heterocycles. The third-order valence-electron chi connectivity index (χ3n) is 9.21. The Hall–Kier alpha value is -0.860. The number of carboxylic acid groups (broad SMARTS) is 1. The molecule has 1 unspecified atom stereocenters. The third kappa shape index (κ3) is 27.3. The van der Waals surface area contributed by atoms with Crippen molar-refractivity contribution in [2.24, 2.45) is 5.41 Å². The van der Waals surface area contributed by atoms with Crippen LogP contribution in [0.15, 0.2) is 0 Å². The van der Waals surface area contributed by atoms with E-state index in [1.165, 1.54) is 167 Å². The molecule has 1 atom stereocenters. The lowest BCUT2D eigenvalue weighted by molar-refractivity contribution is -0.137. The molecule has 0 aliphatic rings. The van der Waals surface area contributed by atoms with E-state index < -0.39 is 5.97 Å². The van der Waals surface area contributed by atoms with Gasteiger partial charge in [-0.1, -0.05) is 162 Å². The first-order valence-electron chi connectivity index (χ1n) is 18.2. The zero-order valence-corrected chi connectivity index (χ0v) is 27.7. The molecule has 0 radical (unpaired) electrons. The minimum atomic E-state index is -0.652. The molecule has 0 spiro atoms. The Morgan fingerprint density at radius 1 is 0.425 bits per heavy atom. The summed E-state index contributed by atoms with van der Waals surface area (Å²) in [5.41, 5.74) is 0.520. The summed E-state index contributed by atoms with van der Waals surface area (Å²) in [5, 5.41) is 8.92. The lowest BCUT2D eigenvalue weighted by Gasteiger charge is -2.35. The topological polar surface area (TPSA) is 54.4 Å². The molecule has 40 heavy (non-hydrogen) atoms. The van der Waals surface area contributed by atoms with Gasteiger partial charge in [0.1, 0.15) is 5.78 Å². The second kappa shape index (κ2) is 29.6. The molecule has 238 valence electrons. The molecule has 0 aromatic carbocycles. The van der Waals surface area contributed by atoms with Crippen molar-refractivity contribution in [2.75, 3.05) is 0 Å². The van der Waals surface area contributed by atoms with Gasteiger partial charge in [-0.25, -0.2) is 0 Å². The van der Waals surface area contributed by atoms with Gasteiger partial charge >= 0.3 is 5.97 Å². The quantitative estimate of drug-likeness (QED) is 0.0806. The average molecular weight is 565 g/mol. The van der Waals surface area contributed by atoms with E-state index in [1.54, 1.807) is 6.92 Å². The second-order valence-electron chi connectivity index (χ2n) is 13.2. The Morgan fingerprint density at radius 2 is 0.700 bits per heavy atom. The van der Waals surface area contributed by atoms with Crippen molar-refractivity contribution in [1.29, 1.82) is 0 Å². The SMILES string of the molecule is CCCCCCCCCCC(CCCCCCCCC)(CCCCCCCC(C)=O)CCCCCCCC(=O)O. The number of hydrogen-bond acceptors (Lipinski definition) is 2. The maximum absolute atomic E-state index is 11.3. The average Bonchev–Trinajstić information content (AvgIpc) is 2.92. The molecule has 0 bridgehead atoms. The van der Waals surface area contributed by atoms with E-state index in [4.69, 9.17) is 5.11 Å². The number of carboxylic acids is 1. The predicted octanol–water partition coefficient (Wildman–Crippen LogP) is 12.8. The van der Waals surface area contributed by atoms with E-state index in [0.717, 1.165) is 25.7 Å². The zero-order valence-electron chi connectivity index (χ0n) is 27.7. The van der Waals surface area contributed by atoms with Crippen LogP contribution in [0, 0.1) is 5.41 Å². The van der Waals surface area contributed by atoms with Crippen LogP contribution in [-0.2, 0) is 9.59 Å². The molecular formula is C37H72O3. The summed E-state index contributed by atoms with van der Waals surface area (Å²) >= 11 is 0. The summed E-state index contributed by atoms with van der Waals surface area (Å²) in [5.74, 6) is -0.317. The number of carbonyl (C=O) groups is 2. The van der Waals surface area contributed by atoms with Gasteiger partial charge in [-0.15, -0.1) is 0 Å². The number of unbranched alkanes of at least 4 members (excludes halogenated alkanes) is 21. The Kier molecular flexibility index (Phi) is 29.0. The minimum absolute atomic E-state index is 0.326. The Balaban J connectivity index is 4.87. The standard InChI is InChI=1S/C37H72O3/c1-4-6-8-10-12-14-20-26-32-37(31-25-19-13-11-9-7-5-2,33-27-21-15-17-23-29-35(3)38)34-28-22-16-18-24-30-36(39)40/h4-34H2,1-3H3,(H,39,40). The van der Waals surface area contributed by atoms with Crippen LogP contribution in [-0.4, -0.2) is 16.9 Å². The van der Waals surface area contributed by atoms with Gasteiger partial charge in [-0.05, 0) is 50.9 Å². The molecule has 0 saturated heterocycles. The van der Waals surface area contributed by atoms with Gasteiger partial charge < -0.3 is 9.90 Å². The van der Waals surface area contributed by atoms with Crippen LogP contribution in [0.4, 0.5) is 0 Å². The van der Waals surface area contributed by atoms with Crippen molar-refractivity contribution in [3.8, 4) is 0 Å². The number of Topliss-reactive ketones (excluding diaryl/α,β-unsaturated/α-hetero) is 1. The summed E-state index contributed by atoms with van der Waals surface area (Å²) < 4.78 is 0. The van der Waals surface area contributed by atoms with Crippen molar-refractivity contribution in [2.45, 2.75) is 220 Å². The van der Waals surface area contributed by atoms with Gasteiger partial charge in [-0.2, -0.15) is 0 Å². The zero-order chi connectivity index (χ0) is 29.6. The first-order chi connectivity index (χ1) is 19.5. The maximum Gasteiger partial charge on any atom is 0.303 e. The number of carbonyl (C=O) groups excluding carboxylic acids is 1. The highest BCUT2D eigenvalue weighted by molar-refractivity contribution is 5.75. The molecule has 0 aliphatic carbocycles. The van der Waals surface area contributed by atoms with Crippen LogP contribution < -0.4 is 0 Å². The van der Waals surface area contributed by atoms with Crippen LogP contribution in [0.1, 0.15) is 220 Å². The van der Waals surface area contributed by atoms with E-state index in [9.17, 15) is 9.59 Å². The van der Waals surface area contributed by atoms with Crippen LogP contribution in [0.3, 0.4) is 0 Å². The summed E-state index contributed by atoms with van der Waals surface area (Å²) in [6.45, 7) is 6.32. The van der Waals surface area contributed by atoms with Crippen LogP contribution in [0.25, 0.3) is 0 Å². The van der Waals surface area contributed by atoms with Crippen molar-refractivity contribution >= 4 is 11.8 Å². The van der Waals surface area contributed by atoms with Gasteiger partial charge in [0.2, 0.25) is 0 Å². The van der Waals surface area contributed by atoms with Crippen molar-refractivity contribution in [3.63, 3.8) is 0 Å². The molecule has 3 heteroatoms. The lowest BCUT2D eigenvalue weighted by atomic mass is 9.70. The smallest absolute Gasteiger partial charge is 0.303 e.